The van der Waals surface area contributed by atoms with E-state index in [-0.39, 0.29) is 5.91 Å². The summed E-state index contributed by atoms with van der Waals surface area (Å²) >= 11 is 8.95. The maximum Gasteiger partial charge on any atom is 0.257 e. The SMILES string of the molecule is CSc1ccc(Cl)c(C(=O)Nc2cc(-c3ccccc3)ns2)c1. The van der Waals surface area contributed by atoms with Crippen molar-refractivity contribution in [2.45, 2.75) is 4.90 Å². The fourth-order valence-electron chi connectivity index (χ4n) is 2.06. The van der Waals surface area contributed by atoms with E-state index in [1.165, 1.54) is 11.5 Å². The number of carbonyl (C=O) groups is 1. The number of hydrogen-bond donors (Lipinski definition) is 1. The summed E-state index contributed by atoms with van der Waals surface area (Å²) in [6, 6.07) is 17.1. The molecule has 0 fully saturated rings. The number of amides is 1. The molecule has 116 valence electrons. The molecule has 0 aliphatic heterocycles. The van der Waals surface area contributed by atoms with Gasteiger partial charge in [0.05, 0.1) is 16.3 Å². The fourth-order valence-corrected chi connectivity index (χ4v) is 3.36. The fraction of sp³-hybridized carbons (Fsp3) is 0.0588. The third-order valence-electron chi connectivity index (χ3n) is 3.23. The van der Waals surface area contributed by atoms with Gasteiger partial charge in [0.15, 0.2) is 0 Å². The van der Waals surface area contributed by atoms with Crippen LogP contribution in [0.15, 0.2) is 59.5 Å². The molecule has 1 N–H and O–H groups in total. The van der Waals surface area contributed by atoms with Crippen LogP contribution in [0.4, 0.5) is 5.00 Å². The van der Waals surface area contributed by atoms with Crippen molar-refractivity contribution in [1.29, 1.82) is 0 Å². The van der Waals surface area contributed by atoms with Crippen LogP contribution in [-0.4, -0.2) is 16.5 Å². The number of hydrogen-bond acceptors (Lipinski definition) is 4. The third-order valence-corrected chi connectivity index (χ3v) is 4.99. The van der Waals surface area contributed by atoms with Crippen LogP contribution in [0.3, 0.4) is 0 Å². The van der Waals surface area contributed by atoms with Crippen LogP contribution in [0.2, 0.25) is 5.02 Å². The molecular weight excluding hydrogens is 348 g/mol. The van der Waals surface area contributed by atoms with E-state index in [4.69, 9.17) is 11.6 Å². The van der Waals surface area contributed by atoms with Gasteiger partial charge in [-0.3, -0.25) is 4.79 Å². The molecule has 0 bridgehead atoms. The summed E-state index contributed by atoms with van der Waals surface area (Å²) in [5, 5.41) is 4.00. The Balaban J connectivity index is 1.80. The quantitative estimate of drug-likeness (QED) is 0.630. The van der Waals surface area contributed by atoms with Gasteiger partial charge in [-0.2, -0.15) is 4.37 Å². The zero-order valence-electron chi connectivity index (χ0n) is 12.2. The highest BCUT2D eigenvalue weighted by Crippen LogP contribution is 2.27. The van der Waals surface area contributed by atoms with Crippen LogP contribution in [0, 0.1) is 0 Å². The van der Waals surface area contributed by atoms with E-state index in [1.807, 2.05) is 48.7 Å². The summed E-state index contributed by atoms with van der Waals surface area (Å²) in [4.78, 5) is 13.4. The molecular formula is C17H13ClN2OS2. The minimum atomic E-state index is -0.228. The number of halogens is 1. The minimum Gasteiger partial charge on any atom is -0.312 e. The second-order valence-electron chi connectivity index (χ2n) is 4.74. The predicted molar refractivity (Wildman–Crippen MR) is 98.7 cm³/mol. The highest BCUT2D eigenvalue weighted by Gasteiger charge is 2.13. The molecule has 0 spiro atoms. The van der Waals surface area contributed by atoms with Crippen LogP contribution in [0.5, 0.6) is 0 Å². The standard InChI is InChI=1S/C17H13ClN2OS2/c1-22-12-7-8-14(18)13(9-12)17(21)19-16-10-15(20-23-16)11-5-3-2-4-6-11/h2-10H,1H3,(H,19,21). The first-order valence-electron chi connectivity index (χ1n) is 6.84. The van der Waals surface area contributed by atoms with Gasteiger partial charge in [0, 0.05) is 16.5 Å². The van der Waals surface area contributed by atoms with E-state index in [2.05, 4.69) is 9.69 Å². The maximum atomic E-state index is 12.4. The lowest BCUT2D eigenvalue weighted by molar-refractivity contribution is 0.102. The molecule has 23 heavy (non-hydrogen) atoms. The van der Waals surface area contributed by atoms with Gasteiger partial charge in [-0.25, -0.2) is 0 Å². The number of anilines is 1. The second kappa shape index (κ2) is 7.17. The first-order chi connectivity index (χ1) is 11.2. The topological polar surface area (TPSA) is 42.0 Å². The number of nitrogens with one attached hydrogen (secondary N) is 1. The first kappa shape index (κ1) is 16.1. The van der Waals surface area contributed by atoms with Gasteiger partial charge < -0.3 is 5.32 Å². The lowest BCUT2D eigenvalue weighted by Crippen LogP contribution is -2.11. The second-order valence-corrected chi connectivity index (χ2v) is 6.83. The molecule has 0 saturated carbocycles. The molecule has 1 heterocycles. The lowest BCUT2D eigenvalue weighted by atomic mass is 10.1. The van der Waals surface area contributed by atoms with Crippen LogP contribution in [0.1, 0.15) is 10.4 Å². The molecule has 0 radical (unpaired) electrons. The number of rotatable bonds is 4. The van der Waals surface area contributed by atoms with Crippen LogP contribution < -0.4 is 5.32 Å². The van der Waals surface area contributed by atoms with Crippen molar-refractivity contribution in [3.05, 3.63) is 65.2 Å². The smallest absolute Gasteiger partial charge is 0.257 e. The summed E-state index contributed by atoms with van der Waals surface area (Å²) in [6.45, 7) is 0. The summed E-state index contributed by atoms with van der Waals surface area (Å²) in [7, 11) is 0. The highest BCUT2D eigenvalue weighted by molar-refractivity contribution is 7.98. The zero-order valence-corrected chi connectivity index (χ0v) is 14.6. The summed E-state index contributed by atoms with van der Waals surface area (Å²) in [5.41, 5.74) is 2.33. The van der Waals surface area contributed by atoms with Crippen LogP contribution >= 0.6 is 34.9 Å². The Morgan fingerprint density at radius 3 is 2.70 bits per heavy atom. The number of thioether (sulfide) groups is 1. The largest absolute Gasteiger partial charge is 0.312 e. The minimum absolute atomic E-state index is 0.228. The Labute approximate surface area is 147 Å². The van der Waals surface area contributed by atoms with E-state index >= 15 is 0 Å². The molecule has 6 heteroatoms. The monoisotopic (exact) mass is 360 g/mol. The van der Waals surface area contributed by atoms with E-state index in [9.17, 15) is 4.79 Å². The number of aromatic nitrogens is 1. The van der Waals surface area contributed by atoms with E-state index in [1.54, 1.807) is 23.9 Å². The van der Waals surface area contributed by atoms with Crippen molar-refractivity contribution in [2.75, 3.05) is 11.6 Å². The molecule has 0 unspecified atom stereocenters. The number of benzene rings is 2. The highest BCUT2D eigenvalue weighted by atomic mass is 35.5. The van der Waals surface area contributed by atoms with Gasteiger partial charge in [-0.05, 0) is 36.0 Å². The van der Waals surface area contributed by atoms with Crippen LogP contribution in [0.25, 0.3) is 11.3 Å². The van der Waals surface area contributed by atoms with Crippen molar-refractivity contribution in [1.82, 2.24) is 4.37 Å². The zero-order chi connectivity index (χ0) is 16.2. The summed E-state index contributed by atoms with van der Waals surface area (Å²) in [5.74, 6) is -0.228. The summed E-state index contributed by atoms with van der Waals surface area (Å²) in [6.07, 6.45) is 1.96. The van der Waals surface area contributed by atoms with Crippen molar-refractivity contribution in [3.63, 3.8) is 0 Å². The Hall–Kier alpha value is -1.82. The van der Waals surface area contributed by atoms with Gasteiger partial charge in [0.25, 0.3) is 5.91 Å². The third kappa shape index (κ3) is 3.75. The van der Waals surface area contributed by atoms with Crippen molar-refractivity contribution < 1.29 is 4.79 Å². The van der Waals surface area contributed by atoms with E-state index in [0.29, 0.717) is 15.6 Å². The average Bonchev–Trinajstić information content (AvgIpc) is 3.04. The van der Waals surface area contributed by atoms with Gasteiger partial charge in [0.1, 0.15) is 5.00 Å². The number of carbonyl (C=O) groups excluding carboxylic acids is 1. The average molecular weight is 361 g/mol. The Morgan fingerprint density at radius 2 is 1.96 bits per heavy atom. The molecule has 3 nitrogen and oxygen atoms in total. The first-order valence-corrected chi connectivity index (χ1v) is 9.22. The molecule has 0 atom stereocenters. The van der Waals surface area contributed by atoms with Crippen LogP contribution in [-0.2, 0) is 0 Å². The molecule has 3 rings (SSSR count). The van der Waals surface area contributed by atoms with Gasteiger partial charge >= 0.3 is 0 Å². The van der Waals surface area contributed by atoms with Crippen molar-refractivity contribution >= 4 is 45.8 Å². The Morgan fingerprint density at radius 1 is 1.17 bits per heavy atom. The number of nitrogens with zero attached hydrogens (tertiary/aromatic N) is 1. The normalized spacial score (nSPS) is 10.5. The molecule has 1 amide bonds. The Bertz CT molecular complexity index is 834. The molecule has 0 aliphatic carbocycles. The lowest BCUT2D eigenvalue weighted by Gasteiger charge is -2.06. The summed E-state index contributed by atoms with van der Waals surface area (Å²) < 4.78 is 4.38. The molecule has 0 aliphatic rings. The van der Waals surface area contributed by atoms with Gasteiger partial charge in [-0.1, -0.05) is 41.9 Å². The van der Waals surface area contributed by atoms with Gasteiger partial charge in [-0.15, -0.1) is 11.8 Å². The molecule has 3 aromatic rings. The maximum absolute atomic E-state index is 12.4. The van der Waals surface area contributed by atoms with Crippen molar-refractivity contribution in [3.8, 4) is 11.3 Å². The van der Waals surface area contributed by atoms with Gasteiger partial charge in [0.2, 0.25) is 0 Å². The molecule has 2 aromatic carbocycles. The van der Waals surface area contributed by atoms with Crippen molar-refractivity contribution in [2.24, 2.45) is 0 Å². The van der Waals surface area contributed by atoms with E-state index < -0.39 is 0 Å². The Kier molecular flexibility index (Phi) is 5.00. The van der Waals surface area contributed by atoms with E-state index in [0.717, 1.165) is 16.2 Å². The predicted octanol–water partition coefficient (Wildman–Crippen LogP) is 5.44. The molecule has 1 aromatic heterocycles. The molecule has 0 saturated heterocycles.